The molecule has 0 saturated heterocycles. The van der Waals surface area contributed by atoms with Crippen LogP contribution in [0.2, 0.25) is 5.02 Å². The molecule has 0 spiro atoms. The number of benzene rings is 2. The number of fused-ring (bicyclic) bond motifs is 1. The molecule has 4 nitrogen and oxygen atoms in total. The zero-order valence-electron chi connectivity index (χ0n) is 14.5. The highest BCUT2D eigenvalue weighted by atomic mass is 35.5. The van der Waals surface area contributed by atoms with E-state index < -0.39 is 0 Å². The third-order valence-corrected chi connectivity index (χ3v) is 5.46. The van der Waals surface area contributed by atoms with Gasteiger partial charge in [0.2, 0.25) is 0 Å². The highest BCUT2D eigenvalue weighted by molar-refractivity contribution is 7.21. The lowest BCUT2D eigenvalue weighted by molar-refractivity contribution is 0.0505. The van der Waals surface area contributed by atoms with Crippen LogP contribution in [0.5, 0.6) is 0 Å². The summed E-state index contributed by atoms with van der Waals surface area (Å²) in [5.41, 5.74) is 2.16. The van der Waals surface area contributed by atoms with Gasteiger partial charge in [0.05, 0.1) is 17.2 Å². The maximum Gasteiger partial charge on any atom is 0.338 e. The Balaban J connectivity index is 1.76. The van der Waals surface area contributed by atoms with Gasteiger partial charge in [-0.2, -0.15) is 0 Å². The first-order chi connectivity index (χ1) is 12.5. The summed E-state index contributed by atoms with van der Waals surface area (Å²) >= 11 is 7.74. The maximum atomic E-state index is 12.6. The first-order valence-electron chi connectivity index (χ1n) is 8.26. The first kappa shape index (κ1) is 18.4. The van der Waals surface area contributed by atoms with Crippen LogP contribution in [0, 0.1) is 6.92 Å². The van der Waals surface area contributed by atoms with Crippen LogP contribution in [0.1, 0.15) is 38.9 Å². The molecule has 6 heteroatoms. The second-order valence-corrected chi connectivity index (χ2v) is 7.34. The largest absolute Gasteiger partial charge is 0.462 e. The van der Waals surface area contributed by atoms with Gasteiger partial charge >= 0.3 is 5.97 Å². The summed E-state index contributed by atoms with van der Waals surface area (Å²) in [4.78, 5) is 24.8. The normalized spacial score (nSPS) is 10.7. The van der Waals surface area contributed by atoms with Crippen LogP contribution in [-0.4, -0.2) is 18.5 Å². The van der Waals surface area contributed by atoms with Crippen LogP contribution < -0.4 is 5.32 Å². The van der Waals surface area contributed by atoms with E-state index in [9.17, 15) is 9.59 Å². The average molecular weight is 388 g/mol. The van der Waals surface area contributed by atoms with E-state index in [1.165, 1.54) is 11.3 Å². The average Bonchev–Trinajstić information content (AvgIpc) is 2.96. The zero-order valence-corrected chi connectivity index (χ0v) is 16.0. The lowest BCUT2D eigenvalue weighted by Crippen LogP contribution is -2.11. The van der Waals surface area contributed by atoms with Crippen molar-refractivity contribution in [1.29, 1.82) is 0 Å². The Morgan fingerprint density at radius 1 is 1.15 bits per heavy atom. The van der Waals surface area contributed by atoms with Crippen molar-refractivity contribution in [2.24, 2.45) is 0 Å². The fraction of sp³-hybridized carbons (Fsp3) is 0.200. The molecule has 3 rings (SSSR count). The molecule has 1 amide bonds. The van der Waals surface area contributed by atoms with Crippen molar-refractivity contribution in [1.82, 2.24) is 0 Å². The Morgan fingerprint density at radius 2 is 1.88 bits per heavy atom. The van der Waals surface area contributed by atoms with Gasteiger partial charge in [-0.1, -0.05) is 30.7 Å². The minimum atomic E-state index is -0.368. The zero-order chi connectivity index (χ0) is 18.7. The van der Waals surface area contributed by atoms with Crippen molar-refractivity contribution in [3.63, 3.8) is 0 Å². The highest BCUT2D eigenvalue weighted by Crippen LogP contribution is 2.36. The molecule has 3 aromatic rings. The highest BCUT2D eigenvalue weighted by Gasteiger charge is 2.17. The Labute approximate surface area is 160 Å². The molecule has 0 saturated carbocycles. The smallest absolute Gasteiger partial charge is 0.338 e. The number of aryl methyl sites for hydroxylation is 1. The molecule has 0 fully saturated rings. The molecule has 0 unspecified atom stereocenters. The van der Waals surface area contributed by atoms with Crippen molar-refractivity contribution in [3.8, 4) is 0 Å². The van der Waals surface area contributed by atoms with Gasteiger partial charge in [0, 0.05) is 15.8 Å². The number of esters is 1. The van der Waals surface area contributed by atoms with Crippen LogP contribution in [0.3, 0.4) is 0 Å². The minimum absolute atomic E-state index is 0.268. The van der Waals surface area contributed by atoms with E-state index in [4.69, 9.17) is 16.3 Å². The van der Waals surface area contributed by atoms with Gasteiger partial charge in [-0.3, -0.25) is 4.79 Å². The van der Waals surface area contributed by atoms with E-state index in [0.29, 0.717) is 27.8 Å². The van der Waals surface area contributed by atoms with Crippen molar-refractivity contribution < 1.29 is 14.3 Å². The van der Waals surface area contributed by atoms with Crippen molar-refractivity contribution in [2.45, 2.75) is 20.3 Å². The van der Waals surface area contributed by atoms with Crippen molar-refractivity contribution >= 4 is 50.6 Å². The summed E-state index contributed by atoms with van der Waals surface area (Å²) in [5.74, 6) is -0.636. The Morgan fingerprint density at radius 3 is 2.58 bits per heavy atom. The third kappa shape index (κ3) is 3.89. The summed E-state index contributed by atoms with van der Waals surface area (Å²) in [5, 5.41) is 4.16. The van der Waals surface area contributed by atoms with Crippen LogP contribution in [-0.2, 0) is 4.74 Å². The number of thiophene rings is 1. The van der Waals surface area contributed by atoms with Crippen molar-refractivity contribution in [3.05, 3.63) is 63.5 Å². The molecule has 1 aromatic heterocycles. The Hall–Kier alpha value is -2.37. The van der Waals surface area contributed by atoms with Gasteiger partial charge in [0.25, 0.3) is 5.91 Å². The number of carbonyl (C=O) groups excluding carboxylic acids is 2. The maximum absolute atomic E-state index is 12.6. The summed E-state index contributed by atoms with van der Waals surface area (Å²) in [7, 11) is 0. The van der Waals surface area contributed by atoms with Crippen LogP contribution in [0.25, 0.3) is 10.1 Å². The predicted octanol–water partition coefficient (Wildman–Crippen LogP) is 5.68. The number of amides is 1. The van der Waals surface area contributed by atoms with Gasteiger partial charge in [-0.15, -0.1) is 11.3 Å². The standard InChI is InChI=1S/C20H18ClNO3S/c1-3-10-25-20(24)13-5-7-14(8-6-13)22-19(23)18-17(21)15-9-4-12(2)11-16(15)26-18/h4-9,11H,3,10H2,1-2H3,(H,22,23). The second-order valence-electron chi connectivity index (χ2n) is 5.91. The summed E-state index contributed by atoms with van der Waals surface area (Å²) in [6, 6.07) is 12.5. The molecule has 26 heavy (non-hydrogen) atoms. The monoisotopic (exact) mass is 387 g/mol. The van der Waals surface area contributed by atoms with Crippen molar-refractivity contribution in [2.75, 3.05) is 11.9 Å². The number of ether oxygens (including phenoxy) is 1. The molecule has 0 radical (unpaired) electrons. The number of hydrogen-bond donors (Lipinski definition) is 1. The molecule has 1 N–H and O–H groups in total. The fourth-order valence-corrected chi connectivity index (χ4v) is 3.98. The predicted molar refractivity (Wildman–Crippen MR) is 107 cm³/mol. The van der Waals surface area contributed by atoms with E-state index in [1.54, 1.807) is 24.3 Å². The molecule has 0 aliphatic rings. The fourth-order valence-electron chi connectivity index (χ4n) is 2.47. The number of hydrogen-bond acceptors (Lipinski definition) is 4. The molecular weight excluding hydrogens is 370 g/mol. The van der Waals surface area contributed by atoms with Crippen LogP contribution in [0.15, 0.2) is 42.5 Å². The van der Waals surface area contributed by atoms with E-state index in [2.05, 4.69) is 5.32 Å². The van der Waals surface area contributed by atoms with Gasteiger partial charge in [-0.05, 0) is 49.2 Å². The molecule has 0 aliphatic heterocycles. The topological polar surface area (TPSA) is 55.4 Å². The van der Waals surface area contributed by atoms with Gasteiger partial charge in [0.1, 0.15) is 4.88 Å². The molecule has 0 aliphatic carbocycles. The number of rotatable bonds is 5. The quantitative estimate of drug-likeness (QED) is 0.573. The second kappa shape index (κ2) is 7.89. The molecule has 1 heterocycles. The van der Waals surface area contributed by atoms with Gasteiger partial charge in [-0.25, -0.2) is 4.79 Å². The number of nitrogens with one attached hydrogen (secondary N) is 1. The van der Waals surface area contributed by atoms with Crippen LogP contribution >= 0.6 is 22.9 Å². The molecule has 134 valence electrons. The van der Waals surface area contributed by atoms with E-state index in [0.717, 1.165) is 22.1 Å². The third-order valence-electron chi connectivity index (χ3n) is 3.81. The lowest BCUT2D eigenvalue weighted by atomic mass is 10.2. The van der Waals surface area contributed by atoms with Gasteiger partial charge < -0.3 is 10.1 Å². The van der Waals surface area contributed by atoms with E-state index >= 15 is 0 Å². The summed E-state index contributed by atoms with van der Waals surface area (Å²) in [6.45, 7) is 4.33. The van der Waals surface area contributed by atoms with E-state index in [1.807, 2.05) is 32.0 Å². The Kier molecular flexibility index (Phi) is 5.59. The molecular formula is C20H18ClNO3S. The van der Waals surface area contributed by atoms with E-state index in [-0.39, 0.29) is 11.9 Å². The molecule has 2 aromatic carbocycles. The lowest BCUT2D eigenvalue weighted by Gasteiger charge is -2.06. The SMILES string of the molecule is CCCOC(=O)c1ccc(NC(=O)c2sc3cc(C)ccc3c2Cl)cc1. The van der Waals surface area contributed by atoms with Crippen LogP contribution in [0.4, 0.5) is 5.69 Å². The summed E-state index contributed by atoms with van der Waals surface area (Å²) < 4.78 is 6.07. The molecule has 0 bridgehead atoms. The minimum Gasteiger partial charge on any atom is -0.462 e. The van der Waals surface area contributed by atoms with Gasteiger partial charge in [0.15, 0.2) is 0 Å². The number of carbonyl (C=O) groups is 2. The molecule has 0 atom stereocenters. The number of anilines is 1. The number of halogens is 1. The Bertz CT molecular complexity index is 963. The summed E-state index contributed by atoms with van der Waals surface area (Å²) in [6.07, 6.45) is 0.773. The first-order valence-corrected chi connectivity index (χ1v) is 9.46.